The van der Waals surface area contributed by atoms with Crippen LogP contribution in [-0.4, -0.2) is 15.8 Å². The van der Waals surface area contributed by atoms with E-state index in [0.29, 0.717) is 0 Å². The standard InChI is InChI=1S/C78H47BN4S2/c1-3-20-48(21-4-1)74-66(44-40-58-56-28-11-17-36-72(56)84-77(58)74)82-68-34-19-35-69-76(68)79(60-42-38-50(46-70(60)82)80-62-30-13-7-24-52(62)53-25-8-14-31-63(53)80)61-43-39-51(81-64-32-15-9-26-54(64)55-27-10-16-33-65(55)81)47-71(61)83(69)67-45-41-59-57-29-12-18-37-73(57)85-78(59)75(67)49-22-5-2-6-23-49/h1-47H. The molecule has 85 heavy (non-hydrogen) atoms. The highest BCUT2D eigenvalue weighted by molar-refractivity contribution is 7.26. The van der Waals surface area contributed by atoms with Crippen LogP contribution < -0.4 is 26.2 Å². The monoisotopic (exact) mass is 1110 g/mol. The Labute approximate surface area is 498 Å². The van der Waals surface area contributed by atoms with Gasteiger partial charge in [-0.2, -0.15) is 0 Å². The third kappa shape index (κ3) is 6.68. The van der Waals surface area contributed by atoms with Crippen molar-refractivity contribution in [2.75, 3.05) is 9.80 Å². The molecule has 19 rings (SSSR count). The number of benzene rings is 13. The fourth-order valence-corrected chi connectivity index (χ4v) is 17.3. The van der Waals surface area contributed by atoms with E-state index in [1.165, 1.54) is 134 Å². The van der Waals surface area contributed by atoms with Crippen molar-refractivity contribution in [2.45, 2.75) is 0 Å². The molecule has 0 amide bonds. The number of anilines is 6. The Morgan fingerprint density at radius 1 is 0.259 bits per heavy atom. The zero-order valence-electron chi connectivity index (χ0n) is 45.8. The van der Waals surface area contributed by atoms with Crippen LogP contribution in [0.3, 0.4) is 0 Å². The third-order valence-corrected chi connectivity index (χ3v) is 20.7. The van der Waals surface area contributed by atoms with Crippen LogP contribution in [0, 0.1) is 0 Å². The molecule has 4 nitrogen and oxygen atoms in total. The van der Waals surface area contributed by atoms with Crippen molar-refractivity contribution in [2.24, 2.45) is 0 Å². The van der Waals surface area contributed by atoms with E-state index in [0.717, 1.165) is 34.1 Å². The number of hydrogen-bond acceptors (Lipinski definition) is 4. The van der Waals surface area contributed by atoms with E-state index in [1.807, 2.05) is 22.7 Å². The van der Waals surface area contributed by atoms with E-state index in [2.05, 4.69) is 304 Å². The van der Waals surface area contributed by atoms with Crippen molar-refractivity contribution < 1.29 is 0 Å². The fourth-order valence-electron chi connectivity index (χ4n) is 14.8. The van der Waals surface area contributed by atoms with Gasteiger partial charge in [-0.1, -0.05) is 200 Å². The van der Waals surface area contributed by atoms with Gasteiger partial charge in [0, 0.05) is 107 Å². The molecule has 0 saturated heterocycles. The Balaban J connectivity index is 0.945. The van der Waals surface area contributed by atoms with Crippen LogP contribution in [-0.2, 0) is 0 Å². The van der Waals surface area contributed by atoms with Gasteiger partial charge in [0.05, 0.1) is 33.4 Å². The number of hydrogen-bond donors (Lipinski definition) is 0. The zero-order valence-corrected chi connectivity index (χ0v) is 47.5. The molecule has 0 spiro atoms. The average molecular weight is 1120 g/mol. The first-order valence-electron chi connectivity index (χ1n) is 29.2. The maximum absolute atomic E-state index is 2.64. The summed E-state index contributed by atoms with van der Waals surface area (Å²) >= 11 is 3.80. The number of rotatable bonds is 6. The van der Waals surface area contributed by atoms with Gasteiger partial charge in [0.1, 0.15) is 0 Å². The minimum absolute atomic E-state index is 0.135. The fraction of sp³-hybridized carbons (Fsp3) is 0. The number of thiophene rings is 2. The van der Waals surface area contributed by atoms with E-state index < -0.39 is 0 Å². The summed E-state index contributed by atoms with van der Waals surface area (Å²) < 4.78 is 10.1. The summed E-state index contributed by atoms with van der Waals surface area (Å²) in [6.45, 7) is -0.135. The van der Waals surface area contributed by atoms with E-state index in [9.17, 15) is 0 Å². The first-order valence-corrected chi connectivity index (χ1v) is 30.8. The quantitative estimate of drug-likeness (QED) is 0.154. The van der Waals surface area contributed by atoms with Crippen molar-refractivity contribution in [1.82, 2.24) is 9.13 Å². The molecule has 0 saturated carbocycles. The predicted molar refractivity (Wildman–Crippen MR) is 366 cm³/mol. The normalized spacial score (nSPS) is 12.9. The lowest BCUT2D eigenvalue weighted by Gasteiger charge is -2.45. The molecule has 0 aliphatic carbocycles. The molecule has 4 aromatic heterocycles. The van der Waals surface area contributed by atoms with Gasteiger partial charge in [0.15, 0.2) is 0 Å². The second kappa shape index (κ2) is 18.0. The second-order valence-corrected chi connectivity index (χ2v) is 24.7. The lowest BCUT2D eigenvalue weighted by atomic mass is 9.33. The van der Waals surface area contributed by atoms with Gasteiger partial charge >= 0.3 is 0 Å². The van der Waals surface area contributed by atoms with E-state index in [4.69, 9.17) is 0 Å². The number of nitrogens with zero attached hydrogens (tertiary/aromatic N) is 4. The topological polar surface area (TPSA) is 16.3 Å². The molecule has 0 fully saturated rings. The molecule has 2 aliphatic rings. The summed E-state index contributed by atoms with van der Waals surface area (Å²) in [6, 6.07) is 107. The van der Waals surface area contributed by atoms with Crippen LogP contribution in [0.5, 0.6) is 0 Å². The van der Waals surface area contributed by atoms with Gasteiger partial charge < -0.3 is 18.9 Å². The molecule has 0 bridgehead atoms. The lowest BCUT2D eigenvalue weighted by Crippen LogP contribution is -2.61. The van der Waals surface area contributed by atoms with Gasteiger partial charge in [-0.3, -0.25) is 0 Å². The molecule has 7 heteroatoms. The SMILES string of the molecule is c1ccc(-c2c(N3c4cc(-n5c6ccccc6c6ccccc65)ccc4B4c5ccc(-n6c7ccccc7c7ccccc76)cc5N(c5ccc6c(sc7ccccc76)c5-c5ccccc5)c5cccc3c54)ccc3c2sc2ccccc23)cc1. The van der Waals surface area contributed by atoms with Crippen LogP contribution in [0.25, 0.3) is 118 Å². The van der Waals surface area contributed by atoms with Gasteiger partial charge in [0.2, 0.25) is 0 Å². The minimum atomic E-state index is -0.135. The van der Waals surface area contributed by atoms with Crippen molar-refractivity contribution in [3.05, 3.63) is 285 Å². The van der Waals surface area contributed by atoms with E-state index >= 15 is 0 Å². The highest BCUT2D eigenvalue weighted by Crippen LogP contribution is 2.54. The maximum atomic E-state index is 2.64. The smallest absolute Gasteiger partial charge is 0.252 e. The van der Waals surface area contributed by atoms with E-state index in [-0.39, 0.29) is 6.71 Å². The molecule has 6 heterocycles. The van der Waals surface area contributed by atoms with Gasteiger partial charge in [-0.05, 0) is 112 Å². The van der Waals surface area contributed by atoms with Crippen molar-refractivity contribution in [1.29, 1.82) is 0 Å². The molecule has 13 aromatic carbocycles. The van der Waals surface area contributed by atoms with Crippen LogP contribution in [0.15, 0.2) is 285 Å². The largest absolute Gasteiger partial charge is 0.311 e. The first kappa shape index (κ1) is 47.1. The Kier molecular flexibility index (Phi) is 9.99. The molecule has 0 radical (unpaired) electrons. The maximum Gasteiger partial charge on any atom is 0.252 e. The van der Waals surface area contributed by atoms with Gasteiger partial charge in [0.25, 0.3) is 6.71 Å². The molecule has 0 N–H and O–H groups in total. The molecule has 0 atom stereocenters. The Bertz CT molecular complexity index is 5200. The van der Waals surface area contributed by atoms with Crippen molar-refractivity contribution in [3.63, 3.8) is 0 Å². The summed E-state index contributed by atoms with van der Waals surface area (Å²) in [7, 11) is 0. The molecular formula is C78H47BN4S2. The molecule has 2 aliphatic heterocycles. The second-order valence-electron chi connectivity index (χ2n) is 22.6. The molecule has 17 aromatic rings. The van der Waals surface area contributed by atoms with Crippen molar-refractivity contribution in [3.8, 4) is 33.6 Å². The summed E-state index contributed by atoms with van der Waals surface area (Å²) in [5, 5.41) is 10.1. The average Bonchev–Trinajstić information content (AvgIpc) is 2.04. The highest BCUT2D eigenvalue weighted by atomic mass is 32.1. The highest BCUT2D eigenvalue weighted by Gasteiger charge is 2.45. The van der Waals surface area contributed by atoms with Gasteiger partial charge in [-0.15, -0.1) is 22.7 Å². The first-order chi connectivity index (χ1) is 42.2. The van der Waals surface area contributed by atoms with Gasteiger partial charge in [-0.25, -0.2) is 0 Å². The number of para-hydroxylation sites is 4. The van der Waals surface area contributed by atoms with Crippen LogP contribution >= 0.6 is 22.7 Å². The zero-order chi connectivity index (χ0) is 55.4. The molecular weight excluding hydrogens is 1070 g/mol. The van der Waals surface area contributed by atoms with Crippen molar-refractivity contribution >= 4 is 164 Å². The van der Waals surface area contributed by atoms with Crippen LogP contribution in [0.4, 0.5) is 34.1 Å². The number of fused-ring (bicyclic) bond motifs is 16. The Hall–Kier alpha value is -10.4. The summed E-state index contributed by atoms with van der Waals surface area (Å²) in [5.74, 6) is 0. The van der Waals surface area contributed by atoms with E-state index in [1.54, 1.807) is 0 Å². The number of aromatic nitrogens is 2. The Morgan fingerprint density at radius 3 is 1.04 bits per heavy atom. The third-order valence-electron chi connectivity index (χ3n) is 18.3. The Morgan fingerprint density at radius 2 is 0.624 bits per heavy atom. The van der Waals surface area contributed by atoms with Crippen LogP contribution in [0.1, 0.15) is 0 Å². The summed E-state index contributed by atoms with van der Waals surface area (Å²) in [5.41, 5.74) is 22.6. The molecule has 0 unspecified atom stereocenters. The summed E-state index contributed by atoms with van der Waals surface area (Å²) in [6.07, 6.45) is 0. The summed E-state index contributed by atoms with van der Waals surface area (Å²) in [4.78, 5) is 5.27. The van der Waals surface area contributed by atoms with Crippen LogP contribution in [0.2, 0.25) is 0 Å². The minimum Gasteiger partial charge on any atom is -0.311 e. The lowest BCUT2D eigenvalue weighted by molar-refractivity contribution is 1.17. The molecule has 394 valence electrons. The predicted octanol–water partition coefficient (Wildman–Crippen LogP) is 20.0.